The van der Waals surface area contributed by atoms with Gasteiger partial charge in [-0.25, -0.2) is 4.98 Å². The molecule has 0 saturated carbocycles. The van der Waals surface area contributed by atoms with Crippen LogP contribution in [0.15, 0.2) is 63.1 Å². The number of rotatable bonds is 9. The first kappa shape index (κ1) is 22.4. The molecule has 0 unspecified atom stereocenters. The number of nitro benzene ring substituents is 1. The van der Waals surface area contributed by atoms with Gasteiger partial charge >= 0.3 is 0 Å². The molecule has 10 heteroatoms. The Bertz CT molecular complexity index is 1090. The first-order valence-corrected chi connectivity index (χ1v) is 11.1. The largest absolute Gasteiger partial charge is 0.354 e. The van der Waals surface area contributed by atoms with Crippen molar-refractivity contribution < 1.29 is 14.5 Å². The van der Waals surface area contributed by atoms with E-state index in [0.29, 0.717) is 22.2 Å². The van der Waals surface area contributed by atoms with Crippen LogP contribution in [0, 0.1) is 17.0 Å². The fourth-order valence-electron chi connectivity index (χ4n) is 2.68. The van der Waals surface area contributed by atoms with Crippen LogP contribution in [0.5, 0.6) is 0 Å². The molecule has 0 aliphatic rings. The molecule has 31 heavy (non-hydrogen) atoms. The first-order valence-electron chi connectivity index (χ1n) is 9.39. The third-order valence-corrected chi connectivity index (χ3v) is 6.32. The van der Waals surface area contributed by atoms with Crippen LogP contribution >= 0.6 is 23.1 Å². The smallest absolute Gasteiger partial charge is 0.284 e. The number of carbonyl (C=O) groups is 2. The van der Waals surface area contributed by atoms with Gasteiger partial charge in [-0.15, -0.1) is 11.3 Å². The van der Waals surface area contributed by atoms with Crippen molar-refractivity contribution in [1.82, 2.24) is 15.6 Å². The van der Waals surface area contributed by atoms with Gasteiger partial charge in [0.25, 0.3) is 11.6 Å². The van der Waals surface area contributed by atoms with Gasteiger partial charge < -0.3 is 10.6 Å². The maximum absolute atomic E-state index is 12.4. The van der Waals surface area contributed by atoms with Crippen LogP contribution in [0.4, 0.5) is 5.69 Å². The molecular weight excluding hydrogens is 436 g/mol. The molecule has 0 fully saturated rings. The van der Waals surface area contributed by atoms with E-state index in [0.717, 1.165) is 11.3 Å². The highest BCUT2D eigenvalue weighted by Crippen LogP contribution is 2.36. The molecule has 2 amide bonds. The van der Waals surface area contributed by atoms with Crippen LogP contribution < -0.4 is 10.6 Å². The normalized spacial score (nSPS) is 10.5. The number of nitrogens with zero attached hydrogens (tertiary/aromatic N) is 2. The number of aryl methyl sites for hydroxylation is 1. The second-order valence-corrected chi connectivity index (χ2v) is 8.71. The average molecular weight is 457 g/mol. The fraction of sp³-hybridized carbons (Fsp3) is 0.190. The standard InChI is InChI=1S/C21H20N4O4S2/c1-14-13-30-21(24-14)31-18-8-7-16(11-17(18)25(28)29)20(27)23-12-19(26)22-10-9-15-5-3-2-4-6-15/h2-8,11,13H,9-10,12H2,1H3,(H,22,26)(H,23,27). The SMILES string of the molecule is Cc1csc(Sc2ccc(C(=O)NCC(=O)NCCc3ccccc3)cc2[N+](=O)[O-])n1. The summed E-state index contributed by atoms with van der Waals surface area (Å²) in [5, 5.41) is 18.6. The summed E-state index contributed by atoms with van der Waals surface area (Å²) < 4.78 is 0.685. The predicted octanol–water partition coefficient (Wildman–Crippen LogP) is 3.60. The van der Waals surface area contributed by atoms with Crippen molar-refractivity contribution in [2.45, 2.75) is 22.6 Å². The zero-order valence-electron chi connectivity index (χ0n) is 16.7. The molecule has 1 aromatic heterocycles. The van der Waals surface area contributed by atoms with E-state index in [1.165, 1.54) is 41.3 Å². The van der Waals surface area contributed by atoms with Crippen LogP contribution in [-0.4, -0.2) is 34.8 Å². The van der Waals surface area contributed by atoms with Crippen molar-refractivity contribution in [3.05, 3.63) is 80.8 Å². The number of hydrogen-bond acceptors (Lipinski definition) is 7. The predicted molar refractivity (Wildman–Crippen MR) is 120 cm³/mol. The molecule has 0 radical (unpaired) electrons. The van der Waals surface area contributed by atoms with E-state index in [1.54, 1.807) is 0 Å². The molecule has 2 aromatic carbocycles. The quantitative estimate of drug-likeness (QED) is 0.376. The minimum absolute atomic E-state index is 0.114. The van der Waals surface area contributed by atoms with E-state index in [1.807, 2.05) is 42.6 Å². The van der Waals surface area contributed by atoms with Gasteiger partial charge in [0, 0.05) is 29.2 Å². The molecule has 160 valence electrons. The van der Waals surface area contributed by atoms with Gasteiger partial charge in [-0.2, -0.15) is 0 Å². The maximum atomic E-state index is 12.4. The molecule has 0 atom stereocenters. The van der Waals surface area contributed by atoms with Gasteiger partial charge in [-0.05, 0) is 31.0 Å². The Morgan fingerprint density at radius 3 is 2.61 bits per heavy atom. The second-order valence-electron chi connectivity index (χ2n) is 6.56. The first-order chi connectivity index (χ1) is 14.9. The Balaban J connectivity index is 1.55. The lowest BCUT2D eigenvalue weighted by Gasteiger charge is -2.08. The molecule has 1 heterocycles. The lowest BCUT2D eigenvalue weighted by Crippen LogP contribution is -2.37. The van der Waals surface area contributed by atoms with Crippen LogP contribution in [0.25, 0.3) is 0 Å². The summed E-state index contributed by atoms with van der Waals surface area (Å²) in [5.41, 5.74) is 1.87. The molecule has 3 aromatic rings. The third-order valence-electron chi connectivity index (χ3n) is 4.20. The summed E-state index contributed by atoms with van der Waals surface area (Å²) in [7, 11) is 0. The number of amides is 2. The number of carbonyl (C=O) groups excluding carboxylic acids is 2. The number of benzene rings is 2. The van der Waals surface area contributed by atoms with Crippen LogP contribution in [0.1, 0.15) is 21.6 Å². The van der Waals surface area contributed by atoms with Crippen molar-refractivity contribution >= 4 is 40.6 Å². The monoisotopic (exact) mass is 456 g/mol. The average Bonchev–Trinajstić information content (AvgIpc) is 3.17. The molecule has 2 N–H and O–H groups in total. The number of nitrogens with one attached hydrogen (secondary N) is 2. The molecule has 0 spiro atoms. The van der Waals surface area contributed by atoms with Gasteiger partial charge in [0.15, 0.2) is 4.34 Å². The van der Waals surface area contributed by atoms with E-state index in [4.69, 9.17) is 0 Å². The fourth-order valence-corrected chi connectivity index (χ4v) is 4.56. The molecule has 0 bridgehead atoms. The lowest BCUT2D eigenvalue weighted by molar-refractivity contribution is -0.387. The zero-order valence-corrected chi connectivity index (χ0v) is 18.3. The molecule has 3 rings (SSSR count). The highest BCUT2D eigenvalue weighted by Gasteiger charge is 2.19. The van der Waals surface area contributed by atoms with Gasteiger partial charge in [-0.3, -0.25) is 19.7 Å². The third kappa shape index (κ3) is 6.63. The number of hydrogen-bond donors (Lipinski definition) is 2. The van der Waals surface area contributed by atoms with E-state index >= 15 is 0 Å². The Labute approximate surface area is 187 Å². The van der Waals surface area contributed by atoms with E-state index in [2.05, 4.69) is 15.6 Å². The Morgan fingerprint density at radius 2 is 1.94 bits per heavy atom. The van der Waals surface area contributed by atoms with Crippen molar-refractivity contribution in [2.75, 3.05) is 13.1 Å². The van der Waals surface area contributed by atoms with E-state index in [9.17, 15) is 19.7 Å². The summed E-state index contributed by atoms with van der Waals surface area (Å²) >= 11 is 2.58. The van der Waals surface area contributed by atoms with Crippen LogP contribution in [0.3, 0.4) is 0 Å². The number of nitro groups is 1. The molecule has 0 saturated heterocycles. The van der Waals surface area contributed by atoms with Crippen molar-refractivity contribution in [2.24, 2.45) is 0 Å². The van der Waals surface area contributed by atoms with Gasteiger partial charge in [-0.1, -0.05) is 42.1 Å². The molecule has 8 nitrogen and oxygen atoms in total. The van der Waals surface area contributed by atoms with E-state index < -0.39 is 10.8 Å². The highest BCUT2D eigenvalue weighted by atomic mass is 32.2. The van der Waals surface area contributed by atoms with Gasteiger partial charge in [0.05, 0.1) is 16.4 Å². The topological polar surface area (TPSA) is 114 Å². The van der Waals surface area contributed by atoms with Crippen molar-refractivity contribution in [3.8, 4) is 0 Å². The lowest BCUT2D eigenvalue weighted by atomic mass is 10.1. The highest BCUT2D eigenvalue weighted by molar-refractivity contribution is 8.01. The maximum Gasteiger partial charge on any atom is 0.284 e. The zero-order chi connectivity index (χ0) is 22.2. The van der Waals surface area contributed by atoms with Crippen molar-refractivity contribution in [3.63, 3.8) is 0 Å². The molecular formula is C21H20N4O4S2. The van der Waals surface area contributed by atoms with Gasteiger partial charge in [0.1, 0.15) is 0 Å². The summed E-state index contributed by atoms with van der Waals surface area (Å²) in [5.74, 6) is -0.881. The van der Waals surface area contributed by atoms with E-state index in [-0.39, 0.29) is 23.7 Å². The van der Waals surface area contributed by atoms with Crippen molar-refractivity contribution in [1.29, 1.82) is 0 Å². The Kier molecular flexibility index (Phi) is 7.74. The molecule has 0 aliphatic carbocycles. The second kappa shape index (κ2) is 10.7. The minimum atomic E-state index is -0.553. The summed E-state index contributed by atoms with van der Waals surface area (Å²) in [4.78, 5) is 40.0. The summed E-state index contributed by atoms with van der Waals surface area (Å²) in [6.45, 7) is 2.09. The summed E-state index contributed by atoms with van der Waals surface area (Å²) in [6, 6.07) is 14.0. The Hall–Kier alpha value is -3.24. The number of thiazole rings is 1. The Morgan fingerprint density at radius 1 is 1.16 bits per heavy atom. The van der Waals surface area contributed by atoms with Crippen LogP contribution in [-0.2, 0) is 11.2 Å². The minimum Gasteiger partial charge on any atom is -0.354 e. The summed E-state index contributed by atoms with van der Waals surface area (Å²) in [6.07, 6.45) is 0.685. The molecule has 0 aliphatic heterocycles. The number of aromatic nitrogens is 1. The van der Waals surface area contributed by atoms with Crippen LogP contribution in [0.2, 0.25) is 0 Å². The van der Waals surface area contributed by atoms with Gasteiger partial charge in [0.2, 0.25) is 5.91 Å².